The summed E-state index contributed by atoms with van der Waals surface area (Å²) in [6.45, 7) is 2.00. The number of nitrogens with two attached hydrogens (primary N) is 1. The molecular formula is C23H29N5O. The zero-order chi connectivity index (χ0) is 20.6. The topological polar surface area (TPSA) is 78.2 Å². The van der Waals surface area contributed by atoms with E-state index in [0.717, 1.165) is 28.8 Å². The summed E-state index contributed by atoms with van der Waals surface area (Å²) in [5, 5.41) is 6.83. The zero-order valence-electron chi connectivity index (χ0n) is 17.1. The first-order chi connectivity index (χ1) is 14.0. The van der Waals surface area contributed by atoms with Crippen LogP contribution in [0, 0.1) is 0 Å². The summed E-state index contributed by atoms with van der Waals surface area (Å²) in [5.74, 6) is -0.0237. The molecule has 1 heterocycles. The van der Waals surface area contributed by atoms with Crippen molar-refractivity contribution in [2.45, 2.75) is 19.0 Å². The molecule has 3 rings (SSSR count). The van der Waals surface area contributed by atoms with Crippen LogP contribution in [0.15, 0.2) is 67.0 Å². The van der Waals surface area contributed by atoms with Crippen molar-refractivity contribution >= 4 is 5.91 Å². The van der Waals surface area contributed by atoms with Crippen LogP contribution < -0.4 is 5.73 Å². The highest BCUT2D eigenvalue weighted by atomic mass is 16.2. The van der Waals surface area contributed by atoms with E-state index in [1.165, 1.54) is 0 Å². The maximum atomic E-state index is 13.1. The van der Waals surface area contributed by atoms with Gasteiger partial charge in [-0.05, 0) is 37.2 Å². The summed E-state index contributed by atoms with van der Waals surface area (Å²) >= 11 is 0. The van der Waals surface area contributed by atoms with Gasteiger partial charge in [0.05, 0.1) is 12.2 Å². The molecule has 29 heavy (non-hydrogen) atoms. The molecule has 0 radical (unpaired) electrons. The van der Waals surface area contributed by atoms with Crippen molar-refractivity contribution in [2.75, 3.05) is 27.2 Å². The molecule has 152 valence electrons. The van der Waals surface area contributed by atoms with Crippen LogP contribution in [0.2, 0.25) is 0 Å². The van der Waals surface area contributed by atoms with Crippen molar-refractivity contribution in [2.24, 2.45) is 5.73 Å². The van der Waals surface area contributed by atoms with Gasteiger partial charge in [0.15, 0.2) is 0 Å². The first kappa shape index (κ1) is 20.8. The molecule has 0 aliphatic heterocycles. The molecule has 0 bridgehead atoms. The largest absolute Gasteiger partial charge is 0.336 e. The van der Waals surface area contributed by atoms with Gasteiger partial charge in [0, 0.05) is 31.4 Å². The molecule has 0 aliphatic rings. The molecule has 0 unspecified atom stereocenters. The van der Waals surface area contributed by atoms with Gasteiger partial charge >= 0.3 is 0 Å². The Labute approximate surface area is 172 Å². The van der Waals surface area contributed by atoms with Gasteiger partial charge in [0.25, 0.3) is 0 Å². The van der Waals surface area contributed by atoms with Crippen molar-refractivity contribution in [3.05, 3.63) is 78.1 Å². The van der Waals surface area contributed by atoms with Crippen molar-refractivity contribution in [1.29, 1.82) is 0 Å². The lowest BCUT2D eigenvalue weighted by atomic mass is 10.0. The fraction of sp³-hybridized carbons (Fsp3) is 0.304. The zero-order valence-corrected chi connectivity index (χ0v) is 17.1. The molecule has 0 aliphatic carbocycles. The monoisotopic (exact) mass is 391 g/mol. The van der Waals surface area contributed by atoms with E-state index in [0.29, 0.717) is 19.5 Å². The molecular weight excluding hydrogens is 362 g/mol. The third-order valence-corrected chi connectivity index (χ3v) is 4.88. The molecule has 3 N–H and O–H groups in total. The Hall–Kier alpha value is -2.96. The molecule has 1 aromatic heterocycles. The highest BCUT2D eigenvalue weighted by Gasteiger charge is 2.22. The molecule has 0 saturated heterocycles. The predicted molar refractivity (Wildman–Crippen MR) is 116 cm³/mol. The fourth-order valence-electron chi connectivity index (χ4n) is 3.25. The number of hydrogen-bond donors (Lipinski definition) is 2. The second-order valence-electron chi connectivity index (χ2n) is 7.55. The second-order valence-corrected chi connectivity index (χ2v) is 7.55. The number of carbonyl (C=O) groups is 1. The van der Waals surface area contributed by atoms with Crippen LogP contribution in [0.3, 0.4) is 0 Å². The maximum absolute atomic E-state index is 13.1. The Kier molecular flexibility index (Phi) is 7.16. The van der Waals surface area contributed by atoms with E-state index in [1.54, 1.807) is 6.20 Å². The minimum atomic E-state index is -0.583. The molecule has 0 saturated carbocycles. The summed E-state index contributed by atoms with van der Waals surface area (Å²) in [6.07, 6.45) is 4.14. The molecule has 2 aromatic carbocycles. The summed E-state index contributed by atoms with van der Waals surface area (Å²) < 4.78 is 0. The number of aromatic amines is 1. The average Bonchev–Trinajstić information content (AvgIpc) is 3.26. The molecule has 6 nitrogen and oxygen atoms in total. The number of likely N-dealkylation sites (N-methyl/N-ethyl adjacent to an activating group) is 1. The third-order valence-electron chi connectivity index (χ3n) is 4.88. The van der Waals surface area contributed by atoms with E-state index in [4.69, 9.17) is 5.73 Å². The fourth-order valence-corrected chi connectivity index (χ4v) is 3.25. The van der Waals surface area contributed by atoms with Crippen LogP contribution in [0.4, 0.5) is 0 Å². The first-order valence-corrected chi connectivity index (χ1v) is 9.84. The van der Waals surface area contributed by atoms with Gasteiger partial charge in [-0.2, -0.15) is 5.10 Å². The van der Waals surface area contributed by atoms with Gasteiger partial charge in [-0.25, -0.2) is 0 Å². The molecule has 1 atom stereocenters. The number of aromatic nitrogens is 2. The Morgan fingerprint density at radius 3 is 2.48 bits per heavy atom. The lowest BCUT2D eigenvalue weighted by Crippen LogP contribution is -2.46. The quantitative estimate of drug-likeness (QED) is 0.588. The maximum Gasteiger partial charge on any atom is 0.240 e. The average molecular weight is 392 g/mol. The van der Waals surface area contributed by atoms with Gasteiger partial charge in [-0.1, -0.05) is 54.6 Å². The smallest absolute Gasteiger partial charge is 0.240 e. The van der Waals surface area contributed by atoms with Crippen LogP contribution in [-0.4, -0.2) is 59.1 Å². The summed E-state index contributed by atoms with van der Waals surface area (Å²) in [7, 11) is 4.01. The highest BCUT2D eigenvalue weighted by molar-refractivity contribution is 5.82. The van der Waals surface area contributed by atoms with Crippen LogP contribution in [0.1, 0.15) is 11.1 Å². The first-order valence-electron chi connectivity index (χ1n) is 9.84. The molecule has 0 spiro atoms. The van der Waals surface area contributed by atoms with Crippen LogP contribution in [0.25, 0.3) is 11.1 Å². The number of benzene rings is 2. The van der Waals surface area contributed by atoms with E-state index in [2.05, 4.69) is 21.2 Å². The Morgan fingerprint density at radius 1 is 1.03 bits per heavy atom. The molecule has 6 heteroatoms. The van der Waals surface area contributed by atoms with E-state index < -0.39 is 6.04 Å². The third kappa shape index (κ3) is 6.01. The van der Waals surface area contributed by atoms with E-state index in [-0.39, 0.29) is 5.91 Å². The molecule has 0 fully saturated rings. The predicted octanol–water partition coefficient (Wildman–Crippen LogP) is 2.54. The van der Waals surface area contributed by atoms with Crippen molar-refractivity contribution in [3.8, 4) is 11.1 Å². The standard InChI is InChI=1S/C23H29N5O/c1-27(2)11-12-28(17-18-7-4-3-5-8-18)23(29)22(24)14-19-9-6-10-20(13-19)21-15-25-26-16-21/h3-10,13,15-16,22H,11-12,14,17,24H2,1-2H3,(H,25,26)/t22-/m1/s1. The lowest BCUT2D eigenvalue weighted by Gasteiger charge is -2.27. The Bertz CT molecular complexity index is 893. The highest BCUT2D eigenvalue weighted by Crippen LogP contribution is 2.19. The van der Waals surface area contributed by atoms with Crippen LogP contribution >= 0.6 is 0 Å². The number of carbonyl (C=O) groups excluding carboxylic acids is 1. The number of amides is 1. The summed E-state index contributed by atoms with van der Waals surface area (Å²) in [6, 6.07) is 17.6. The van der Waals surface area contributed by atoms with Gasteiger partial charge in [-0.15, -0.1) is 0 Å². The lowest BCUT2D eigenvalue weighted by molar-refractivity contribution is -0.133. The van der Waals surface area contributed by atoms with Crippen LogP contribution in [0.5, 0.6) is 0 Å². The normalized spacial score (nSPS) is 12.1. The van der Waals surface area contributed by atoms with Gasteiger partial charge in [0.1, 0.15) is 0 Å². The summed E-state index contributed by atoms with van der Waals surface area (Å²) in [5.41, 5.74) is 10.6. The van der Waals surface area contributed by atoms with E-state index in [9.17, 15) is 4.79 Å². The van der Waals surface area contributed by atoms with Gasteiger partial charge < -0.3 is 15.5 Å². The summed E-state index contributed by atoms with van der Waals surface area (Å²) in [4.78, 5) is 17.1. The van der Waals surface area contributed by atoms with E-state index >= 15 is 0 Å². The SMILES string of the molecule is CN(C)CCN(Cc1ccccc1)C(=O)[C@H](N)Cc1cccc(-c2cn[nH]c2)c1. The van der Waals surface area contributed by atoms with Gasteiger partial charge in [-0.3, -0.25) is 9.89 Å². The van der Waals surface area contributed by atoms with Crippen molar-refractivity contribution < 1.29 is 4.79 Å². The molecule has 3 aromatic rings. The minimum Gasteiger partial charge on any atom is -0.336 e. The van der Waals surface area contributed by atoms with Crippen LogP contribution in [-0.2, 0) is 17.8 Å². The van der Waals surface area contributed by atoms with Gasteiger partial charge in [0.2, 0.25) is 5.91 Å². The molecule has 1 amide bonds. The Balaban J connectivity index is 1.70. The number of nitrogens with one attached hydrogen (secondary N) is 1. The second kappa shape index (κ2) is 10.0. The van der Waals surface area contributed by atoms with Crippen molar-refractivity contribution in [3.63, 3.8) is 0 Å². The number of H-pyrrole nitrogens is 1. The minimum absolute atomic E-state index is 0.0237. The Morgan fingerprint density at radius 2 is 1.79 bits per heavy atom. The number of nitrogens with zero attached hydrogens (tertiary/aromatic N) is 3. The van der Waals surface area contributed by atoms with E-state index in [1.807, 2.05) is 73.7 Å². The number of rotatable bonds is 9. The number of hydrogen-bond acceptors (Lipinski definition) is 4. The van der Waals surface area contributed by atoms with Crippen molar-refractivity contribution in [1.82, 2.24) is 20.0 Å².